The van der Waals surface area contributed by atoms with E-state index in [1.54, 1.807) is 6.07 Å². The highest BCUT2D eigenvalue weighted by molar-refractivity contribution is 6.31. The molecular formula is C13H17ClFNO. The Labute approximate surface area is 106 Å². The summed E-state index contributed by atoms with van der Waals surface area (Å²) in [6, 6.07) is 4.45. The van der Waals surface area contributed by atoms with Gasteiger partial charge in [0.15, 0.2) is 0 Å². The summed E-state index contributed by atoms with van der Waals surface area (Å²) < 4.78 is 18.4. The van der Waals surface area contributed by atoms with Gasteiger partial charge in [-0.2, -0.15) is 0 Å². The second-order valence-electron chi connectivity index (χ2n) is 4.55. The van der Waals surface area contributed by atoms with Crippen molar-refractivity contribution >= 4 is 11.6 Å². The Morgan fingerprint density at radius 1 is 1.41 bits per heavy atom. The molecule has 2 rings (SSSR count). The molecule has 2 nitrogen and oxygen atoms in total. The lowest BCUT2D eigenvalue weighted by Gasteiger charge is -2.27. The van der Waals surface area contributed by atoms with Gasteiger partial charge in [-0.15, -0.1) is 0 Å². The number of benzene rings is 1. The standard InChI is InChI=1S/C13H17ClFNO/c14-12-2-1-11(15)7-10(12)8-13(16)9-3-5-17-6-4-9/h1-2,7,9,13H,3-6,8,16H2. The lowest BCUT2D eigenvalue weighted by molar-refractivity contribution is 0.0585. The number of rotatable bonds is 3. The smallest absolute Gasteiger partial charge is 0.123 e. The van der Waals surface area contributed by atoms with E-state index in [0.717, 1.165) is 31.6 Å². The van der Waals surface area contributed by atoms with Crippen LogP contribution >= 0.6 is 11.6 Å². The molecule has 2 N–H and O–H groups in total. The van der Waals surface area contributed by atoms with Crippen LogP contribution in [0.2, 0.25) is 5.02 Å². The zero-order valence-corrected chi connectivity index (χ0v) is 10.4. The van der Waals surface area contributed by atoms with E-state index in [9.17, 15) is 4.39 Å². The molecule has 94 valence electrons. The van der Waals surface area contributed by atoms with Crippen LogP contribution in [0.1, 0.15) is 18.4 Å². The van der Waals surface area contributed by atoms with Crippen LogP contribution in [0.5, 0.6) is 0 Å². The van der Waals surface area contributed by atoms with E-state index < -0.39 is 0 Å². The highest BCUT2D eigenvalue weighted by Crippen LogP contribution is 2.24. The molecule has 1 fully saturated rings. The third-order valence-corrected chi connectivity index (χ3v) is 3.70. The summed E-state index contributed by atoms with van der Waals surface area (Å²) in [4.78, 5) is 0. The summed E-state index contributed by atoms with van der Waals surface area (Å²) in [7, 11) is 0. The van der Waals surface area contributed by atoms with E-state index in [2.05, 4.69) is 0 Å². The molecule has 0 spiro atoms. The fraction of sp³-hybridized carbons (Fsp3) is 0.538. The Morgan fingerprint density at radius 2 is 2.12 bits per heavy atom. The van der Waals surface area contributed by atoms with Crippen molar-refractivity contribution in [3.05, 3.63) is 34.6 Å². The predicted octanol–water partition coefficient (Wildman–Crippen LogP) is 2.78. The van der Waals surface area contributed by atoms with E-state index >= 15 is 0 Å². The van der Waals surface area contributed by atoms with Gasteiger partial charge in [0.25, 0.3) is 0 Å². The SMILES string of the molecule is NC(Cc1cc(F)ccc1Cl)C1CCOCC1. The molecule has 1 aromatic rings. The number of ether oxygens (including phenoxy) is 1. The summed E-state index contributed by atoms with van der Waals surface area (Å²) in [6.45, 7) is 1.55. The van der Waals surface area contributed by atoms with Gasteiger partial charge in [-0.1, -0.05) is 11.6 Å². The predicted molar refractivity (Wildman–Crippen MR) is 66.6 cm³/mol. The first-order valence-electron chi connectivity index (χ1n) is 5.94. The van der Waals surface area contributed by atoms with Crippen molar-refractivity contribution in [1.29, 1.82) is 0 Å². The fourth-order valence-corrected chi connectivity index (χ4v) is 2.46. The average molecular weight is 258 g/mol. The van der Waals surface area contributed by atoms with Crippen LogP contribution in [-0.2, 0) is 11.2 Å². The first-order chi connectivity index (χ1) is 8.16. The van der Waals surface area contributed by atoms with Gasteiger partial charge in [0.1, 0.15) is 5.82 Å². The van der Waals surface area contributed by atoms with Gasteiger partial charge in [0, 0.05) is 24.3 Å². The second-order valence-corrected chi connectivity index (χ2v) is 4.96. The molecule has 0 bridgehead atoms. The third-order valence-electron chi connectivity index (χ3n) is 3.33. The molecule has 17 heavy (non-hydrogen) atoms. The highest BCUT2D eigenvalue weighted by atomic mass is 35.5. The molecule has 1 unspecified atom stereocenters. The summed E-state index contributed by atoms with van der Waals surface area (Å²) in [6.07, 6.45) is 2.59. The zero-order chi connectivity index (χ0) is 12.3. The minimum atomic E-state index is -0.261. The Balaban J connectivity index is 2.01. The molecule has 1 atom stereocenters. The molecule has 0 saturated carbocycles. The van der Waals surface area contributed by atoms with Crippen molar-refractivity contribution in [1.82, 2.24) is 0 Å². The minimum Gasteiger partial charge on any atom is -0.381 e. The van der Waals surface area contributed by atoms with Crippen molar-refractivity contribution in [2.24, 2.45) is 11.7 Å². The van der Waals surface area contributed by atoms with Crippen LogP contribution in [0.25, 0.3) is 0 Å². The van der Waals surface area contributed by atoms with Crippen molar-refractivity contribution < 1.29 is 9.13 Å². The van der Waals surface area contributed by atoms with Gasteiger partial charge in [0.2, 0.25) is 0 Å². The normalized spacial score (nSPS) is 19.2. The van der Waals surface area contributed by atoms with E-state index in [0.29, 0.717) is 17.4 Å². The van der Waals surface area contributed by atoms with Crippen molar-refractivity contribution in [2.75, 3.05) is 13.2 Å². The zero-order valence-electron chi connectivity index (χ0n) is 9.66. The maximum atomic E-state index is 13.1. The quantitative estimate of drug-likeness (QED) is 0.904. The monoisotopic (exact) mass is 257 g/mol. The van der Waals surface area contributed by atoms with Crippen LogP contribution in [0, 0.1) is 11.7 Å². The van der Waals surface area contributed by atoms with Gasteiger partial charge in [-0.3, -0.25) is 0 Å². The highest BCUT2D eigenvalue weighted by Gasteiger charge is 2.21. The Bertz CT molecular complexity index is 380. The van der Waals surface area contributed by atoms with Gasteiger partial charge in [-0.25, -0.2) is 4.39 Å². The van der Waals surface area contributed by atoms with E-state index in [4.69, 9.17) is 22.1 Å². The van der Waals surface area contributed by atoms with E-state index in [1.807, 2.05) is 0 Å². The van der Waals surface area contributed by atoms with Crippen LogP contribution in [-0.4, -0.2) is 19.3 Å². The summed E-state index contributed by atoms with van der Waals surface area (Å²) in [5.74, 6) is 0.187. The molecule has 0 radical (unpaired) electrons. The molecule has 0 aromatic heterocycles. The van der Waals surface area contributed by atoms with Gasteiger partial charge in [-0.05, 0) is 48.9 Å². The van der Waals surface area contributed by atoms with Gasteiger partial charge in [0.05, 0.1) is 0 Å². The average Bonchev–Trinajstić information content (AvgIpc) is 2.35. The second kappa shape index (κ2) is 5.80. The number of nitrogens with two attached hydrogens (primary N) is 1. The van der Waals surface area contributed by atoms with Crippen LogP contribution in [0.3, 0.4) is 0 Å². The number of hydrogen-bond donors (Lipinski definition) is 1. The third kappa shape index (κ3) is 3.41. The maximum absolute atomic E-state index is 13.1. The number of halogens is 2. The first-order valence-corrected chi connectivity index (χ1v) is 6.32. The van der Waals surface area contributed by atoms with Crippen LogP contribution in [0.4, 0.5) is 4.39 Å². The summed E-state index contributed by atoms with van der Waals surface area (Å²) in [5, 5.41) is 0.592. The van der Waals surface area contributed by atoms with Crippen LogP contribution in [0.15, 0.2) is 18.2 Å². The van der Waals surface area contributed by atoms with Crippen molar-refractivity contribution in [3.63, 3.8) is 0 Å². The maximum Gasteiger partial charge on any atom is 0.123 e. The Kier molecular flexibility index (Phi) is 4.37. The molecule has 1 aromatic carbocycles. The molecule has 1 aliphatic heterocycles. The molecule has 4 heteroatoms. The molecule has 1 heterocycles. The van der Waals surface area contributed by atoms with Crippen molar-refractivity contribution in [2.45, 2.75) is 25.3 Å². The topological polar surface area (TPSA) is 35.2 Å². The fourth-order valence-electron chi connectivity index (χ4n) is 2.26. The van der Waals surface area contributed by atoms with E-state index in [1.165, 1.54) is 12.1 Å². The molecule has 0 aliphatic carbocycles. The minimum absolute atomic E-state index is 0.0261. The Morgan fingerprint density at radius 3 is 2.82 bits per heavy atom. The molecular weight excluding hydrogens is 241 g/mol. The van der Waals surface area contributed by atoms with Crippen LogP contribution < -0.4 is 5.73 Å². The van der Waals surface area contributed by atoms with E-state index in [-0.39, 0.29) is 11.9 Å². The molecule has 1 saturated heterocycles. The lowest BCUT2D eigenvalue weighted by atomic mass is 9.88. The number of hydrogen-bond acceptors (Lipinski definition) is 2. The molecule has 0 amide bonds. The summed E-state index contributed by atoms with van der Waals surface area (Å²) in [5.41, 5.74) is 6.96. The first kappa shape index (κ1) is 12.8. The van der Waals surface area contributed by atoms with Gasteiger partial charge >= 0.3 is 0 Å². The molecule has 1 aliphatic rings. The Hall–Kier alpha value is -0.640. The summed E-state index contributed by atoms with van der Waals surface area (Å²) >= 11 is 6.03. The lowest BCUT2D eigenvalue weighted by Crippen LogP contribution is -2.36. The van der Waals surface area contributed by atoms with Crippen molar-refractivity contribution in [3.8, 4) is 0 Å². The van der Waals surface area contributed by atoms with Gasteiger partial charge < -0.3 is 10.5 Å². The largest absolute Gasteiger partial charge is 0.381 e.